The molecule has 8 heteroatoms. The van der Waals surface area contributed by atoms with Crippen molar-refractivity contribution in [2.45, 2.75) is 52.4 Å². The van der Waals surface area contributed by atoms with Gasteiger partial charge in [0.2, 0.25) is 0 Å². The summed E-state index contributed by atoms with van der Waals surface area (Å²) in [4.78, 5) is 40.2. The van der Waals surface area contributed by atoms with Crippen molar-refractivity contribution in [1.82, 2.24) is 18.8 Å². The van der Waals surface area contributed by atoms with Gasteiger partial charge in [0, 0.05) is 43.1 Å². The van der Waals surface area contributed by atoms with Gasteiger partial charge >= 0.3 is 0 Å². The van der Waals surface area contributed by atoms with E-state index in [0.29, 0.717) is 45.1 Å². The van der Waals surface area contributed by atoms with Crippen LogP contribution in [0.2, 0.25) is 0 Å². The van der Waals surface area contributed by atoms with E-state index in [1.165, 1.54) is 11.1 Å². The maximum atomic E-state index is 15.1. The number of hydrogen-bond acceptors (Lipinski definition) is 6. The summed E-state index contributed by atoms with van der Waals surface area (Å²) >= 11 is 0. The zero-order valence-electron chi connectivity index (χ0n) is 36.1. The van der Waals surface area contributed by atoms with Gasteiger partial charge in [-0.05, 0) is 106 Å². The summed E-state index contributed by atoms with van der Waals surface area (Å²) in [5.74, 6) is 2.36. The molecular weight excluding hydrogens is 793 g/mol. The van der Waals surface area contributed by atoms with E-state index < -0.39 is 0 Å². The van der Waals surface area contributed by atoms with E-state index in [1.807, 2.05) is 84.9 Å². The van der Waals surface area contributed by atoms with Crippen LogP contribution in [0.15, 0.2) is 143 Å². The number of nitrogens with zero attached hydrogens (tertiary/aromatic N) is 4. The highest BCUT2D eigenvalue weighted by Gasteiger charge is 2.29. The fourth-order valence-electron chi connectivity index (χ4n) is 10.3. The Morgan fingerprint density at radius 2 is 0.781 bits per heavy atom. The van der Waals surface area contributed by atoms with E-state index in [9.17, 15) is 0 Å². The Hall–Kier alpha value is -7.84. The van der Waals surface area contributed by atoms with Gasteiger partial charge in [-0.15, -0.1) is 0 Å². The topological polar surface area (TPSA) is 87.2 Å². The zero-order valence-corrected chi connectivity index (χ0v) is 36.1. The Kier molecular flexibility index (Phi) is 7.13. The third-order valence-electron chi connectivity index (χ3n) is 13.4. The number of ether oxygens (including phenoxy) is 2. The predicted octanol–water partition coefficient (Wildman–Crippen LogP) is 13.4. The van der Waals surface area contributed by atoms with Gasteiger partial charge in [0.25, 0.3) is 11.1 Å². The molecule has 0 bridgehead atoms. The smallest absolute Gasteiger partial charge is 0.264 e. The molecule has 4 heterocycles. The number of aromatic nitrogens is 4. The molecule has 0 unspecified atom stereocenters. The summed E-state index contributed by atoms with van der Waals surface area (Å²) in [6.07, 6.45) is 0. The molecule has 0 N–H and O–H groups in total. The highest BCUT2D eigenvalue weighted by Crippen LogP contribution is 2.52. The van der Waals surface area contributed by atoms with E-state index in [2.05, 4.69) is 90.1 Å². The lowest BCUT2D eigenvalue weighted by Gasteiger charge is -2.23. The number of fused-ring (bicyclic) bond motifs is 10. The number of benzene rings is 9. The lowest BCUT2D eigenvalue weighted by molar-refractivity contribution is 0.487. The number of pyridine rings is 2. The van der Waals surface area contributed by atoms with Crippen LogP contribution in [0.25, 0.3) is 98.0 Å². The highest BCUT2D eigenvalue weighted by atomic mass is 16.5. The average Bonchev–Trinajstić information content (AvgIpc) is 3.87. The number of hydrogen-bond donors (Lipinski definition) is 0. The second kappa shape index (κ2) is 12.4. The van der Waals surface area contributed by atoms with Gasteiger partial charge in [0.1, 0.15) is 34.3 Å². The highest BCUT2D eigenvalue weighted by molar-refractivity contribution is 6.42. The molecule has 0 saturated carbocycles. The molecule has 13 aromatic rings. The summed E-state index contributed by atoms with van der Waals surface area (Å²) in [7, 11) is 0. The van der Waals surface area contributed by atoms with Gasteiger partial charge in [-0.25, -0.2) is 9.97 Å². The van der Waals surface area contributed by atoms with Crippen molar-refractivity contribution in [2.75, 3.05) is 0 Å². The molecule has 0 aliphatic carbocycles. The predicted molar refractivity (Wildman–Crippen MR) is 261 cm³/mol. The molecule has 0 aliphatic heterocycles. The first-order valence-corrected chi connectivity index (χ1v) is 21.7. The first kappa shape index (κ1) is 36.8. The molecule has 0 radical (unpaired) electrons. The van der Waals surface area contributed by atoms with Crippen molar-refractivity contribution < 1.29 is 9.47 Å². The molecule has 0 amide bonds. The van der Waals surface area contributed by atoms with Crippen LogP contribution >= 0.6 is 0 Å². The second-order valence-corrected chi connectivity index (χ2v) is 19.3. The van der Waals surface area contributed by atoms with Gasteiger partial charge in [-0.2, -0.15) is 0 Å². The van der Waals surface area contributed by atoms with Gasteiger partial charge < -0.3 is 9.47 Å². The number of rotatable bonds is 4. The van der Waals surface area contributed by atoms with Crippen LogP contribution in [0.1, 0.15) is 52.7 Å². The maximum absolute atomic E-state index is 15.1. The van der Waals surface area contributed by atoms with Crippen LogP contribution in [0, 0.1) is 0 Å². The van der Waals surface area contributed by atoms with E-state index in [0.717, 1.165) is 75.9 Å². The first-order valence-electron chi connectivity index (χ1n) is 21.7. The second-order valence-electron chi connectivity index (χ2n) is 19.3. The Morgan fingerprint density at radius 3 is 1.17 bits per heavy atom. The third kappa shape index (κ3) is 4.93. The van der Waals surface area contributed by atoms with Crippen LogP contribution in [0.3, 0.4) is 0 Å². The normalized spacial score (nSPS) is 13.0. The summed E-state index contributed by atoms with van der Waals surface area (Å²) in [5.41, 5.74) is 6.08. The van der Waals surface area contributed by atoms with E-state index in [-0.39, 0.29) is 21.9 Å². The fraction of sp³-hybridized carbons (Fsp3) is 0.143. The summed E-state index contributed by atoms with van der Waals surface area (Å²) in [6.45, 7) is 13.1. The Morgan fingerprint density at radius 1 is 0.406 bits per heavy atom. The summed E-state index contributed by atoms with van der Waals surface area (Å²) in [6, 6.07) is 44.1. The lowest BCUT2D eigenvalue weighted by atomic mass is 9.85. The van der Waals surface area contributed by atoms with Crippen molar-refractivity contribution in [2.24, 2.45) is 0 Å². The first-order chi connectivity index (χ1) is 30.8. The Labute approximate surface area is 365 Å². The quantitative estimate of drug-likeness (QED) is 0.130. The molecule has 0 atom stereocenters. The third-order valence-corrected chi connectivity index (χ3v) is 13.4. The molecule has 13 rings (SSSR count). The van der Waals surface area contributed by atoms with Gasteiger partial charge in [-0.3, -0.25) is 18.4 Å². The molecule has 0 aliphatic rings. The van der Waals surface area contributed by atoms with E-state index in [1.54, 1.807) is 8.80 Å². The average molecular weight is 833 g/mol. The van der Waals surface area contributed by atoms with Crippen molar-refractivity contribution >= 4 is 98.0 Å². The standard InChI is InChI=1S/C56H40N4O4/c1-55(2,3)29-15-19-31(20-16-29)63-43-27-37-45-35(51-57-39-11-7-9-13-41(39)59(51)53(37)61)26-24-34-48-44(64-32-21-17-30(18-22-32)56(4,5)6)28-38-46-36(25-23-33(50(46)48)47(43)49(34)45)52-58-40-12-8-10-14-42(40)60(52)54(38)62/h7-28H,1-6H3. The minimum absolute atomic E-state index is 0.0488. The largest absolute Gasteiger partial charge is 0.457 e. The molecule has 8 nitrogen and oxygen atoms in total. The Balaban J connectivity index is 1.22. The Bertz CT molecular complexity index is 3950. The van der Waals surface area contributed by atoms with E-state index >= 15 is 9.59 Å². The van der Waals surface area contributed by atoms with Crippen LogP contribution in [-0.2, 0) is 10.8 Å². The zero-order chi connectivity index (χ0) is 43.6. The minimum atomic E-state index is -0.177. The molecule has 308 valence electrons. The van der Waals surface area contributed by atoms with Crippen LogP contribution in [0.4, 0.5) is 0 Å². The van der Waals surface area contributed by atoms with E-state index in [4.69, 9.17) is 19.4 Å². The van der Waals surface area contributed by atoms with Crippen molar-refractivity contribution in [3.8, 4) is 23.0 Å². The van der Waals surface area contributed by atoms with Crippen LogP contribution in [0.5, 0.6) is 23.0 Å². The van der Waals surface area contributed by atoms with Crippen LogP contribution in [-0.4, -0.2) is 18.8 Å². The minimum Gasteiger partial charge on any atom is -0.457 e. The molecule has 0 saturated heterocycles. The molecule has 0 spiro atoms. The molecule has 64 heavy (non-hydrogen) atoms. The SMILES string of the molecule is CC(C)(C)c1ccc(Oc2cc3c(=O)n4c5ccccc5nc4c4ccc5c6c(Oc7ccc(C(C)(C)C)cc7)cc7c(=O)n8c9ccccc9nc8c8ccc(c2c5c34)c6c78)cc1. The molecule has 4 aromatic heterocycles. The van der Waals surface area contributed by atoms with Crippen molar-refractivity contribution in [3.63, 3.8) is 0 Å². The van der Waals surface area contributed by atoms with Crippen molar-refractivity contribution in [3.05, 3.63) is 165 Å². The van der Waals surface area contributed by atoms with Gasteiger partial charge in [-0.1, -0.05) is 102 Å². The molecule has 0 fully saturated rings. The molecule has 9 aromatic carbocycles. The molecular formula is C56H40N4O4. The lowest BCUT2D eigenvalue weighted by Crippen LogP contribution is -2.14. The fourth-order valence-corrected chi connectivity index (χ4v) is 10.3. The summed E-state index contributed by atoms with van der Waals surface area (Å²) in [5, 5.41) is 9.46. The van der Waals surface area contributed by atoms with Crippen molar-refractivity contribution in [1.29, 1.82) is 0 Å². The van der Waals surface area contributed by atoms with Crippen LogP contribution < -0.4 is 20.6 Å². The van der Waals surface area contributed by atoms with Gasteiger partial charge in [0.05, 0.1) is 32.8 Å². The maximum Gasteiger partial charge on any atom is 0.264 e. The monoisotopic (exact) mass is 832 g/mol. The summed E-state index contributed by atoms with van der Waals surface area (Å²) < 4.78 is 17.5. The van der Waals surface area contributed by atoms with Gasteiger partial charge in [0.15, 0.2) is 0 Å². The number of imidazole rings is 2. The number of para-hydroxylation sites is 4.